The summed E-state index contributed by atoms with van der Waals surface area (Å²) in [7, 11) is 3.23. The lowest BCUT2D eigenvalue weighted by molar-refractivity contribution is -0.129. The molecular weight excluding hydrogens is 396 g/mol. The number of amides is 1. The van der Waals surface area contributed by atoms with E-state index in [2.05, 4.69) is 9.97 Å². The third-order valence-electron chi connectivity index (χ3n) is 5.52. The number of nitrogen functional groups attached to an aromatic ring is 1. The van der Waals surface area contributed by atoms with Crippen LogP contribution in [0.3, 0.4) is 0 Å². The van der Waals surface area contributed by atoms with Crippen LogP contribution in [0.5, 0.6) is 11.5 Å². The van der Waals surface area contributed by atoms with Crippen LogP contribution in [0.25, 0.3) is 23.2 Å². The number of rotatable bonds is 6. The second kappa shape index (κ2) is 8.63. The third kappa shape index (κ3) is 4.03. The molecule has 162 valence electrons. The maximum absolute atomic E-state index is 12.1. The predicted octanol–water partition coefficient (Wildman–Crippen LogP) is 2.78. The molecule has 1 fully saturated rings. The number of anilines is 1. The number of nitrogens with two attached hydrogens (primary N) is 1. The topological polar surface area (TPSA) is 108 Å². The first kappa shape index (κ1) is 20.6. The van der Waals surface area contributed by atoms with Gasteiger partial charge >= 0.3 is 0 Å². The van der Waals surface area contributed by atoms with E-state index in [1.54, 1.807) is 14.2 Å². The minimum Gasteiger partial charge on any atom is -0.497 e. The number of hydrogen-bond acceptors (Lipinski definition) is 7. The first-order chi connectivity index (χ1) is 15.0. The molecule has 1 saturated heterocycles. The zero-order chi connectivity index (χ0) is 22.0. The van der Waals surface area contributed by atoms with Crippen LogP contribution in [0.2, 0.25) is 0 Å². The summed E-state index contributed by atoms with van der Waals surface area (Å²) in [6.07, 6.45) is 6.57. The van der Waals surface area contributed by atoms with Gasteiger partial charge in [0.25, 0.3) is 0 Å². The zero-order valence-electron chi connectivity index (χ0n) is 17.9. The molecule has 1 aliphatic heterocycles. The average molecular weight is 422 g/mol. The molecule has 1 aliphatic rings. The summed E-state index contributed by atoms with van der Waals surface area (Å²) in [5.41, 5.74) is 8.43. The Labute approximate surface area is 180 Å². The Morgan fingerprint density at radius 3 is 2.61 bits per heavy atom. The number of hydrogen-bond donors (Lipinski definition) is 1. The van der Waals surface area contributed by atoms with Crippen molar-refractivity contribution in [1.82, 2.24) is 24.6 Å². The molecule has 0 saturated carbocycles. The van der Waals surface area contributed by atoms with Gasteiger partial charge in [-0.1, -0.05) is 13.0 Å². The molecule has 9 nitrogen and oxygen atoms in total. The molecule has 1 amide bonds. The van der Waals surface area contributed by atoms with Crippen LogP contribution < -0.4 is 15.2 Å². The fourth-order valence-electron chi connectivity index (χ4n) is 3.89. The summed E-state index contributed by atoms with van der Waals surface area (Å²) in [6.45, 7) is 3.21. The molecule has 0 aliphatic carbocycles. The summed E-state index contributed by atoms with van der Waals surface area (Å²) in [6, 6.07) is 5.68. The Hall–Kier alpha value is -3.62. The summed E-state index contributed by atoms with van der Waals surface area (Å²) in [4.78, 5) is 22.6. The number of benzene rings is 1. The van der Waals surface area contributed by atoms with E-state index in [1.807, 2.05) is 46.9 Å². The van der Waals surface area contributed by atoms with Crippen molar-refractivity contribution in [3.8, 4) is 11.5 Å². The van der Waals surface area contributed by atoms with Crippen LogP contribution in [0.15, 0.2) is 24.5 Å². The fraction of sp³-hybridized carbons (Fsp3) is 0.364. The smallest absolute Gasteiger partial charge is 0.222 e. The molecular formula is C22H26N6O3. The molecule has 3 aromatic rings. The summed E-state index contributed by atoms with van der Waals surface area (Å²) in [5.74, 6) is 1.92. The molecule has 31 heavy (non-hydrogen) atoms. The van der Waals surface area contributed by atoms with Gasteiger partial charge in [-0.25, -0.2) is 14.6 Å². The van der Waals surface area contributed by atoms with Gasteiger partial charge in [-0.2, -0.15) is 5.10 Å². The van der Waals surface area contributed by atoms with Crippen LogP contribution >= 0.6 is 0 Å². The second-order valence-electron chi connectivity index (χ2n) is 7.40. The molecule has 3 heterocycles. The van der Waals surface area contributed by atoms with Gasteiger partial charge < -0.3 is 20.1 Å². The standard InChI is InChI=1S/C22H26N6O3/c1-4-19(29)27-8-7-15(12-27)28-22-20(21(23)24-13-25-22)18(26-28)6-5-14-9-16(30-2)11-17(10-14)31-3/h5-6,9-11,13,15H,4,7-8,12H2,1-3H3,(H2,23,24,25)/b6-5+. The Balaban J connectivity index is 1.71. The van der Waals surface area contributed by atoms with Crippen LogP contribution in [0, 0.1) is 0 Å². The molecule has 0 radical (unpaired) electrons. The van der Waals surface area contributed by atoms with Gasteiger partial charge in [0.2, 0.25) is 5.91 Å². The van der Waals surface area contributed by atoms with Gasteiger partial charge in [0.1, 0.15) is 23.6 Å². The lowest BCUT2D eigenvalue weighted by atomic mass is 10.1. The van der Waals surface area contributed by atoms with Gasteiger partial charge in [-0.05, 0) is 30.2 Å². The highest BCUT2D eigenvalue weighted by molar-refractivity contribution is 5.94. The largest absolute Gasteiger partial charge is 0.497 e. The van der Waals surface area contributed by atoms with Gasteiger partial charge in [-0.3, -0.25) is 4.79 Å². The lowest BCUT2D eigenvalue weighted by Gasteiger charge is -2.15. The molecule has 1 aromatic carbocycles. The minimum absolute atomic E-state index is 0.0476. The quantitative estimate of drug-likeness (QED) is 0.651. The van der Waals surface area contributed by atoms with E-state index in [9.17, 15) is 4.79 Å². The first-order valence-corrected chi connectivity index (χ1v) is 10.2. The van der Waals surface area contributed by atoms with Crippen molar-refractivity contribution >= 4 is 34.9 Å². The van der Waals surface area contributed by atoms with Crippen molar-refractivity contribution in [1.29, 1.82) is 0 Å². The van der Waals surface area contributed by atoms with E-state index in [4.69, 9.17) is 20.3 Å². The normalized spacial score (nSPS) is 16.4. The monoisotopic (exact) mass is 422 g/mol. The van der Waals surface area contributed by atoms with Crippen molar-refractivity contribution in [2.75, 3.05) is 33.0 Å². The number of likely N-dealkylation sites (tertiary alicyclic amines) is 1. The van der Waals surface area contributed by atoms with Gasteiger partial charge in [0.15, 0.2) is 5.65 Å². The Morgan fingerprint density at radius 2 is 1.94 bits per heavy atom. The van der Waals surface area contributed by atoms with E-state index in [0.717, 1.165) is 12.0 Å². The second-order valence-corrected chi connectivity index (χ2v) is 7.40. The number of ether oxygens (including phenoxy) is 2. The maximum Gasteiger partial charge on any atom is 0.222 e. The summed E-state index contributed by atoms with van der Waals surface area (Å²) >= 11 is 0. The minimum atomic E-state index is 0.0476. The highest BCUT2D eigenvalue weighted by Crippen LogP contribution is 2.30. The van der Waals surface area contributed by atoms with E-state index >= 15 is 0 Å². The number of fused-ring (bicyclic) bond motifs is 1. The first-order valence-electron chi connectivity index (χ1n) is 10.2. The molecule has 2 N–H and O–H groups in total. The van der Waals surface area contributed by atoms with Gasteiger partial charge in [0.05, 0.1) is 31.3 Å². The van der Waals surface area contributed by atoms with Crippen LogP contribution in [-0.2, 0) is 4.79 Å². The predicted molar refractivity (Wildman–Crippen MR) is 119 cm³/mol. The average Bonchev–Trinajstić information content (AvgIpc) is 3.42. The van der Waals surface area contributed by atoms with E-state index in [0.29, 0.717) is 53.6 Å². The molecule has 1 atom stereocenters. The van der Waals surface area contributed by atoms with Crippen molar-refractivity contribution < 1.29 is 14.3 Å². The SMILES string of the molecule is CCC(=O)N1CCC(n2nc(/C=C/c3cc(OC)cc(OC)c3)c3c(N)ncnc32)C1. The highest BCUT2D eigenvalue weighted by atomic mass is 16.5. The molecule has 0 bridgehead atoms. The highest BCUT2D eigenvalue weighted by Gasteiger charge is 2.29. The van der Waals surface area contributed by atoms with Crippen molar-refractivity contribution in [2.45, 2.75) is 25.8 Å². The maximum atomic E-state index is 12.1. The zero-order valence-corrected chi connectivity index (χ0v) is 17.9. The molecule has 4 rings (SSSR count). The van der Waals surface area contributed by atoms with E-state index in [-0.39, 0.29) is 11.9 Å². The summed E-state index contributed by atoms with van der Waals surface area (Å²) < 4.78 is 12.6. The van der Waals surface area contributed by atoms with E-state index in [1.165, 1.54) is 6.33 Å². The summed E-state index contributed by atoms with van der Waals surface area (Å²) in [5, 5.41) is 5.50. The Kier molecular flexibility index (Phi) is 5.75. The van der Waals surface area contributed by atoms with Gasteiger partial charge in [-0.15, -0.1) is 0 Å². The van der Waals surface area contributed by atoms with E-state index < -0.39 is 0 Å². The number of carbonyl (C=O) groups excluding carboxylic acids is 1. The van der Waals surface area contributed by atoms with Crippen molar-refractivity contribution in [3.05, 3.63) is 35.8 Å². The fourth-order valence-corrected chi connectivity index (χ4v) is 3.89. The number of nitrogens with zero attached hydrogens (tertiary/aromatic N) is 5. The number of carbonyl (C=O) groups is 1. The van der Waals surface area contributed by atoms with Crippen LogP contribution in [0.4, 0.5) is 5.82 Å². The Bertz CT molecular complexity index is 1120. The number of aromatic nitrogens is 4. The van der Waals surface area contributed by atoms with Crippen molar-refractivity contribution in [3.63, 3.8) is 0 Å². The van der Waals surface area contributed by atoms with Crippen LogP contribution in [0.1, 0.15) is 37.1 Å². The Morgan fingerprint density at radius 1 is 1.19 bits per heavy atom. The number of methoxy groups -OCH3 is 2. The molecule has 0 spiro atoms. The van der Waals surface area contributed by atoms with Crippen molar-refractivity contribution in [2.24, 2.45) is 0 Å². The lowest BCUT2D eigenvalue weighted by Crippen LogP contribution is -2.28. The van der Waals surface area contributed by atoms with Gasteiger partial charge in [0, 0.05) is 25.6 Å². The van der Waals surface area contributed by atoms with Crippen LogP contribution in [-0.4, -0.2) is 57.9 Å². The third-order valence-corrected chi connectivity index (χ3v) is 5.52. The molecule has 1 unspecified atom stereocenters. The molecule has 9 heteroatoms. The molecule has 2 aromatic heterocycles.